The van der Waals surface area contributed by atoms with Crippen LogP contribution in [0.2, 0.25) is 0 Å². The standard InChI is InChI=1S/C20H20N4O3/c21-12-14-11-15(22)5-6-16(14)23-7-9-24(10-8-23)20(25)19-13-26-17-3-1-2-4-18(17)27-19/h1-6,11,19H,7-10,13,22H2/t19-/m0/s1. The molecule has 2 aromatic rings. The lowest BCUT2D eigenvalue weighted by atomic mass is 10.1. The minimum absolute atomic E-state index is 0.0676. The van der Waals surface area contributed by atoms with Gasteiger partial charge in [0.15, 0.2) is 11.5 Å². The Balaban J connectivity index is 1.40. The maximum atomic E-state index is 12.8. The van der Waals surface area contributed by atoms with Crippen LogP contribution in [0.1, 0.15) is 5.56 Å². The van der Waals surface area contributed by atoms with E-state index >= 15 is 0 Å². The molecule has 2 aromatic carbocycles. The van der Waals surface area contributed by atoms with Crippen LogP contribution >= 0.6 is 0 Å². The molecule has 1 amide bonds. The van der Waals surface area contributed by atoms with Gasteiger partial charge in [-0.3, -0.25) is 4.79 Å². The van der Waals surface area contributed by atoms with E-state index in [0.717, 1.165) is 5.69 Å². The maximum Gasteiger partial charge on any atom is 0.267 e. The number of nitrogens with zero attached hydrogens (tertiary/aromatic N) is 3. The van der Waals surface area contributed by atoms with Gasteiger partial charge in [0.1, 0.15) is 12.7 Å². The number of amides is 1. The summed E-state index contributed by atoms with van der Waals surface area (Å²) in [5.41, 5.74) is 7.73. The first-order chi connectivity index (χ1) is 13.2. The number of carbonyl (C=O) groups excluding carboxylic acids is 1. The quantitative estimate of drug-likeness (QED) is 0.815. The molecule has 0 saturated carbocycles. The smallest absolute Gasteiger partial charge is 0.267 e. The van der Waals surface area contributed by atoms with Crippen molar-refractivity contribution >= 4 is 17.3 Å². The summed E-state index contributed by atoms with van der Waals surface area (Å²) in [5.74, 6) is 1.20. The molecular weight excluding hydrogens is 344 g/mol. The Morgan fingerprint density at radius 3 is 2.59 bits per heavy atom. The Hall–Kier alpha value is -3.40. The molecule has 7 nitrogen and oxygen atoms in total. The molecule has 2 N–H and O–H groups in total. The monoisotopic (exact) mass is 364 g/mol. The highest BCUT2D eigenvalue weighted by molar-refractivity contribution is 5.82. The van der Waals surface area contributed by atoms with E-state index in [0.29, 0.717) is 48.9 Å². The van der Waals surface area contributed by atoms with E-state index in [-0.39, 0.29) is 12.5 Å². The highest BCUT2D eigenvalue weighted by Crippen LogP contribution is 2.31. The first-order valence-electron chi connectivity index (χ1n) is 8.87. The third-order valence-corrected chi connectivity index (χ3v) is 4.86. The zero-order valence-corrected chi connectivity index (χ0v) is 14.8. The lowest BCUT2D eigenvalue weighted by molar-refractivity contribution is -0.141. The van der Waals surface area contributed by atoms with Gasteiger partial charge in [-0.25, -0.2) is 0 Å². The van der Waals surface area contributed by atoms with E-state index in [1.165, 1.54) is 0 Å². The Labute approximate surface area is 157 Å². The van der Waals surface area contributed by atoms with E-state index in [1.54, 1.807) is 23.1 Å². The number of ether oxygens (including phenoxy) is 2. The Morgan fingerprint density at radius 1 is 1.11 bits per heavy atom. The van der Waals surface area contributed by atoms with E-state index in [4.69, 9.17) is 15.2 Å². The van der Waals surface area contributed by atoms with Crippen LogP contribution in [0, 0.1) is 11.3 Å². The second-order valence-corrected chi connectivity index (χ2v) is 6.56. The van der Waals surface area contributed by atoms with E-state index in [9.17, 15) is 10.1 Å². The number of rotatable bonds is 2. The molecule has 0 aromatic heterocycles. The van der Waals surface area contributed by atoms with Gasteiger partial charge in [0, 0.05) is 31.9 Å². The molecule has 0 aliphatic carbocycles. The van der Waals surface area contributed by atoms with Crippen LogP contribution in [0.5, 0.6) is 11.5 Å². The normalized spacial score (nSPS) is 18.7. The third-order valence-electron chi connectivity index (χ3n) is 4.86. The van der Waals surface area contributed by atoms with Crippen molar-refractivity contribution in [3.05, 3.63) is 48.0 Å². The fourth-order valence-electron chi connectivity index (χ4n) is 3.43. The summed E-state index contributed by atoms with van der Waals surface area (Å²) in [6, 6.07) is 14.9. The average Bonchev–Trinajstić information content (AvgIpc) is 2.73. The largest absolute Gasteiger partial charge is 0.485 e. The van der Waals surface area contributed by atoms with Crippen LogP contribution in [0.25, 0.3) is 0 Å². The summed E-state index contributed by atoms with van der Waals surface area (Å²) in [6.07, 6.45) is -0.627. The fraction of sp³-hybridized carbons (Fsp3) is 0.300. The molecule has 0 unspecified atom stereocenters. The highest BCUT2D eigenvalue weighted by Gasteiger charge is 2.33. The molecule has 7 heteroatoms. The summed E-state index contributed by atoms with van der Waals surface area (Å²) >= 11 is 0. The number of piperazine rings is 1. The SMILES string of the molecule is N#Cc1cc(N)ccc1N1CCN(C(=O)[C@@H]2COc3ccccc3O2)CC1. The number of fused-ring (bicyclic) bond motifs is 1. The summed E-state index contributed by atoms with van der Waals surface area (Å²) in [7, 11) is 0. The lowest BCUT2D eigenvalue weighted by Crippen LogP contribution is -2.54. The number of nitrogen functional groups attached to an aromatic ring is 1. The van der Waals surface area contributed by atoms with Gasteiger partial charge in [0.05, 0.1) is 11.3 Å². The molecule has 1 saturated heterocycles. The van der Waals surface area contributed by atoms with Crippen molar-refractivity contribution in [1.29, 1.82) is 5.26 Å². The molecule has 0 bridgehead atoms. The highest BCUT2D eigenvalue weighted by atomic mass is 16.6. The second-order valence-electron chi connectivity index (χ2n) is 6.56. The second kappa shape index (κ2) is 7.08. The molecule has 2 aliphatic heterocycles. The molecule has 27 heavy (non-hydrogen) atoms. The minimum atomic E-state index is -0.627. The van der Waals surface area contributed by atoms with Gasteiger partial charge in [-0.2, -0.15) is 5.26 Å². The Bertz CT molecular complexity index is 900. The Kier molecular flexibility index (Phi) is 4.47. The minimum Gasteiger partial charge on any atom is -0.485 e. The van der Waals surface area contributed by atoms with Crippen LogP contribution < -0.4 is 20.1 Å². The summed E-state index contributed by atoms with van der Waals surface area (Å²) < 4.78 is 11.5. The molecule has 2 heterocycles. The van der Waals surface area contributed by atoms with Crippen LogP contribution in [0.3, 0.4) is 0 Å². The van der Waals surface area contributed by atoms with Crippen molar-refractivity contribution < 1.29 is 14.3 Å². The number of carbonyl (C=O) groups is 1. The lowest BCUT2D eigenvalue weighted by Gasteiger charge is -2.38. The van der Waals surface area contributed by atoms with Crippen molar-refractivity contribution in [2.24, 2.45) is 0 Å². The number of hydrogen-bond donors (Lipinski definition) is 1. The first-order valence-corrected chi connectivity index (χ1v) is 8.87. The number of anilines is 2. The number of nitrogens with two attached hydrogens (primary N) is 1. The molecule has 138 valence electrons. The number of para-hydroxylation sites is 2. The molecule has 1 fully saturated rings. The molecule has 0 spiro atoms. The van der Waals surface area contributed by atoms with Crippen molar-refractivity contribution in [3.63, 3.8) is 0 Å². The summed E-state index contributed by atoms with van der Waals surface area (Å²) in [5, 5.41) is 9.34. The number of nitriles is 1. The summed E-state index contributed by atoms with van der Waals surface area (Å²) in [6.45, 7) is 2.64. The van der Waals surface area contributed by atoms with Crippen LogP contribution in [0.4, 0.5) is 11.4 Å². The van der Waals surface area contributed by atoms with E-state index in [1.807, 2.05) is 24.3 Å². The van der Waals surface area contributed by atoms with Crippen molar-refractivity contribution in [2.45, 2.75) is 6.10 Å². The van der Waals surface area contributed by atoms with Crippen molar-refractivity contribution in [3.8, 4) is 17.6 Å². The van der Waals surface area contributed by atoms with Gasteiger partial charge >= 0.3 is 0 Å². The number of hydrogen-bond acceptors (Lipinski definition) is 6. The van der Waals surface area contributed by atoms with Crippen LogP contribution in [-0.2, 0) is 4.79 Å². The molecule has 4 rings (SSSR count). The van der Waals surface area contributed by atoms with Crippen LogP contribution in [-0.4, -0.2) is 49.7 Å². The molecule has 2 aliphatic rings. The molecule has 0 radical (unpaired) electrons. The average molecular weight is 364 g/mol. The van der Waals surface area contributed by atoms with Gasteiger partial charge < -0.3 is 25.0 Å². The van der Waals surface area contributed by atoms with Crippen molar-refractivity contribution in [2.75, 3.05) is 43.4 Å². The fourth-order valence-corrected chi connectivity index (χ4v) is 3.43. The molecule has 1 atom stereocenters. The predicted octanol–water partition coefficient (Wildman–Crippen LogP) is 1.63. The summed E-state index contributed by atoms with van der Waals surface area (Å²) in [4.78, 5) is 16.7. The van der Waals surface area contributed by atoms with Gasteiger partial charge in [0.2, 0.25) is 6.10 Å². The van der Waals surface area contributed by atoms with E-state index < -0.39 is 6.10 Å². The zero-order valence-electron chi connectivity index (χ0n) is 14.8. The number of benzene rings is 2. The van der Waals surface area contributed by atoms with Gasteiger partial charge in [-0.1, -0.05) is 12.1 Å². The van der Waals surface area contributed by atoms with Gasteiger partial charge in [-0.15, -0.1) is 0 Å². The van der Waals surface area contributed by atoms with E-state index in [2.05, 4.69) is 11.0 Å². The van der Waals surface area contributed by atoms with Gasteiger partial charge in [0.25, 0.3) is 5.91 Å². The van der Waals surface area contributed by atoms with Gasteiger partial charge in [-0.05, 0) is 30.3 Å². The maximum absolute atomic E-state index is 12.8. The Morgan fingerprint density at radius 2 is 1.85 bits per heavy atom. The topological polar surface area (TPSA) is 91.8 Å². The zero-order chi connectivity index (χ0) is 18.8. The molecular formula is C20H20N4O3. The third kappa shape index (κ3) is 3.34. The van der Waals surface area contributed by atoms with Crippen molar-refractivity contribution in [1.82, 2.24) is 4.90 Å². The first kappa shape index (κ1) is 17.0. The predicted molar refractivity (Wildman–Crippen MR) is 101 cm³/mol. The van der Waals surface area contributed by atoms with Crippen LogP contribution in [0.15, 0.2) is 42.5 Å².